The van der Waals surface area contributed by atoms with E-state index in [1.165, 1.54) is 0 Å². The van der Waals surface area contributed by atoms with Crippen LogP contribution in [-0.4, -0.2) is 17.0 Å². The van der Waals surface area contributed by atoms with Crippen molar-refractivity contribution >= 4 is 29.0 Å². The quantitative estimate of drug-likeness (QED) is 0.630. The number of hydrogen-bond donors (Lipinski definition) is 0. The summed E-state index contributed by atoms with van der Waals surface area (Å²) in [6, 6.07) is 5.44. The summed E-state index contributed by atoms with van der Waals surface area (Å²) in [4.78, 5) is 12.1. The van der Waals surface area contributed by atoms with Crippen LogP contribution in [0.15, 0.2) is 22.7 Å². The van der Waals surface area contributed by atoms with Crippen LogP contribution in [0.3, 0.4) is 0 Å². The van der Waals surface area contributed by atoms with Crippen molar-refractivity contribution < 1.29 is 14.1 Å². The molecule has 3 aliphatic carbocycles. The summed E-state index contributed by atoms with van der Waals surface area (Å²) in [7, 11) is 0. The smallest absolute Gasteiger partial charge is 0.145 e. The van der Waals surface area contributed by atoms with Crippen molar-refractivity contribution in [2.24, 2.45) is 11.8 Å². The minimum absolute atomic E-state index is 0.122. The zero-order valence-electron chi connectivity index (χ0n) is 14.9. The predicted octanol–water partition coefficient (Wildman–Crippen LogP) is 5.80. The minimum atomic E-state index is 0.122. The van der Waals surface area contributed by atoms with E-state index in [-0.39, 0.29) is 17.9 Å². The van der Waals surface area contributed by atoms with Gasteiger partial charge in [0.25, 0.3) is 0 Å². The van der Waals surface area contributed by atoms with E-state index in [2.05, 4.69) is 5.16 Å². The van der Waals surface area contributed by atoms with Gasteiger partial charge < -0.3 is 9.26 Å². The highest BCUT2D eigenvalue weighted by molar-refractivity contribution is 6.39. The first kappa shape index (κ1) is 17.7. The summed E-state index contributed by atoms with van der Waals surface area (Å²) in [6.07, 6.45) is 6.05. The van der Waals surface area contributed by atoms with Crippen molar-refractivity contribution in [3.63, 3.8) is 0 Å². The molecular weight excluding hydrogens is 385 g/mol. The Labute approximate surface area is 168 Å². The van der Waals surface area contributed by atoms with E-state index < -0.39 is 0 Å². The fourth-order valence-electron chi connectivity index (χ4n) is 4.60. The maximum Gasteiger partial charge on any atom is 0.145 e. The lowest BCUT2D eigenvalue weighted by Gasteiger charge is -2.26. The lowest BCUT2D eigenvalue weighted by molar-refractivity contribution is -0.130. The predicted molar refractivity (Wildman–Crippen MR) is 103 cm³/mol. The minimum Gasteiger partial charge on any atom is -0.373 e. The molecule has 3 fully saturated rings. The molecule has 6 heteroatoms. The molecule has 0 amide bonds. The molecule has 1 aromatic heterocycles. The molecule has 1 heterocycles. The van der Waals surface area contributed by atoms with Crippen molar-refractivity contribution in [3.05, 3.63) is 39.6 Å². The van der Waals surface area contributed by atoms with Gasteiger partial charge in [0.15, 0.2) is 0 Å². The second kappa shape index (κ2) is 6.91. The van der Waals surface area contributed by atoms with Crippen LogP contribution in [0.5, 0.6) is 0 Å². The van der Waals surface area contributed by atoms with Gasteiger partial charge in [-0.15, -0.1) is 0 Å². The normalized spacial score (nSPS) is 27.3. The number of benzene rings is 1. The molecule has 2 atom stereocenters. The first-order chi connectivity index (χ1) is 13.1. The van der Waals surface area contributed by atoms with E-state index in [0.717, 1.165) is 49.8 Å². The summed E-state index contributed by atoms with van der Waals surface area (Å²) in [5.74, 6) is 2.14. The average Bonchev–Trinajstić information content (AvgIpc) is 3.38. The Hall–Kier alpha value is -1.36. The molecule has 0 spiro atoms. The zero-order valence-corrected chi connectivity index (χ0v) is 16.4. The molecule has 3 aliphatic rings. The molecule has 2 unspecified atom stereocenters. The topological polar surface area (TPSA) is 52.3 Å². The zero-order chi connectivity index (χ0) is 18.5. The number of ketones is 1. The number of carbonyl (C=O) groups is 1. The van der Waals surface area contributed by atoms with Crippen molar-refractivity contribution in [1.82, 2.24) is 5.16 Å². The fourth-order valence-corrected chi connectivity index (χ4v) is 5.18. The summed E-state index contributed by atoms with van der Waals surface area (Å²) >= 11 is 12.8. The Morgan fingerprint density at radius 2 is 1.67 bits per heavy atom. The fraction of sp³-hybridized carbons (Fsp3) is 0.524. The monoisotopic (exact) mass is 405 g/mol. The molecule has 2 bridgehead atoms. The van der Waals surface area contributed by atoms with E-state index in [1.807, 2.05) is 18.2 Å². The number of carbonyl (C=O) groups excluding carboxylic acids is 1. The average molecular weight is 406 g/mol. The molecule has 4 nitrogen and oxygen atoms in total. The number of Topliss-reactive ketones (excluding diaryl/α,β-unsaturated/α-hetero) is 1. The summed E-state index contributed by atoms with van der Waals surface area (Å²) in [5, 5.41) is 5.42. The van der Waals surface area contributed by atoms with Crippen LogP contribution >= 0.6 is 23.2 Å². The third-order valence-electron chi connectivity index (χ3n) is 6.19. The Morgan fingerprint density at radius 1 is 1.04 bits per heavy atom. The van der Waals surface area contributed by atoms with Gasteiger partial charge in [-0.05, 0) is 50.7 Å². The summed E-state index contributed by atoms with van der Waals surface area (Å²) < 4.78 is 12.0. The van der Waals surface area contributed by atoms with Gasteiger partial charge >= 0.3 is 0 Å². The van der Waals surface area contributed by atoms with Gasteiger partial charge in [-0.1, -0.05) is 34.4 Å². The molecule has 0 aliphatic heterocycles. The summed E-state index contributed by atoms with van der Waals surface area (Å²) in [5.41, 5.74) is 2.34. The number of aromatic nitrogens is 1. The van der Waals surface area contributed by atoms with E-state index in [0.29, 0.717) is 39.6 Å². The lowest BCUT2D eigenvalue weighted by atomic mass is 9.86. The van der Waals surface area contributed by atoms with Crippen molar-refractivity contribution in [2.45, 2.75) is 57.2 Å². The van der Waals surface area contributed by atoms with Gasteiger partial charge in [0.1, 0.15) is 17.2 Å². The standard InChI is InChI=1S/C21H21Cl2NO3/c22-16-2-1-3-17(23)18(16)19-15(21(27-24-19)11-4-5-11)10-26-14-8-12-6-7-13(9-14)20(12)25/h1-3,11-14H,4-10H2. The number of fused-ring (bicyclic) bond motifs is 2. The Balaban J connectivity index is 1.42. The number of hydrogen-bond acceptors (Lipinski definition) is 4. The van der Waals surface area contributed by atoms with Crippen LogP contribution in [0.2, 0.25) is 10.0 Å². The number of rotatable bonds is 5. The van der Waals surface area contributed by atoms with Gasteiger partial charge in [-0.2, -0.15) is 0 Å². The first-order valence-corrected chi connectivity index (χ1v) is 10.5. The van der Waals surface area contributed by atoms with Crippen molar-refractivity contribution in [2.75, 3.05) is 0 Å². The maximum absolute atomic E-state index is 12.1. The van der Waals surface area contributed by atoms with Crippen LogP contribution in [-0.2, 0) is 16.1 Å². The third-order valence-corrected chi connectivity index (χ3v) is 6.82. The van der Waals surface area contributed by atoms with Gasteiger partial charge in [0, 0.05) is 28.9 Å². The summed E-state index contributed by atoms with van der Waals surface area (Å²) in [6.45, 7) is 0.421. The van der Waals surface area contributed by atoms with Gasteiger partial charge in [0.2, 0.25) is 0 Å². The van der Waals surface area contributed by atoms with Gasteiger partial charge in [-0.3, -0.25) is 4.79 Å². The van der Waals surface area contributed by atoms with E-state index in [1.54, 1.807) is 0 Å². The molecular formula is C21H21Cl2NO3. The van der Waals surface area contributed by atoms with Crippen LogP contribution in [0.25, 0.3) is 11.3 Å². The maximum atomic E-state index is 12.1. The lowest BCUT2D eigenvalue weighted by Crippen LogP contribution is -2.30. The number of halogens is 2. The van der Waals surface area contributed by atoms with Crippen LogP contribution < -0.4 is 0 Å². The molecule has 142 valence electrons. The van der Waals surface area contributed by atoms with Gasteiger partial charge in [0.05, 0.1) is 22.8 Å². The molecule has 3 saturated carbocycles. The molecule has 1 aromatic carbocycles. The molecule has 0 radical (unpaired) electrons. The third kappa shape index (κ3) is 3.22. The Morgan fingerprint density at radius 3 is 2.30 bits per heavy atom. The highest BCUT2D eigenvalue weighted by Gasteiger charge is 2.42. The molecule has 0 saturated heterocycles. The largest absolute Gasteiger partial charge is 0.373 e. The van der Waals surface area contributed by atoms with Crippen molar-refractivity contribution in [3.8, 4) is 11.3 Å². The van der Waals surface area contributed by atoms with Gasteiger partial charge in [-0.25, -0.2) is 0 Å². The number of ether oxygens (including phenoxy) is 1. The highest BCUT2D eigenvalue weighted by Crippen LogP contribution is 2.47. The molecule has 5 rings (SSSR count). The van der Waals surface area contributed by atoms with Crippen LogP contribution in [0.1, 0.15) is 55.8 Å². The second-order valence-corrected chi connectivity index (χ2v) is 8.84. The van der Waals surface area contributed by atoms with E-state index in [9.17, 15) is 4.79 Å². The SMILES string of the molecule is O=C1C2CCC1CC(OCc1c(-c3c(Cl)cccc3Cl)noc1C1CC1)C2. The Kier molecular flexibility index (Phi) is 4.53. The number of nitrogens with zero attached hydrogens (tertiary/aromatic N) is 1. The van der Waals surface area contributed by atoms with E-state index >= 15 is 0 Å². The van der Waals surface area contributed by atoms with Crippen LogP contribution in [0, 0.1) is 11.8 Å². The highest BCUT2D eigenvalue weighted by atomic mass is 35.5. The van der Waals surface area contributed by atoms with Crippen molar-refractivity contribution in [1.29, 1.82) is 0 Å². The second-order valence-electron chi connectivity index (χ2n) is 8.02. The van der Waals surface area contributed by atoms with E-state index in [4.69, 9.17) is 32.5 Å². The molecule has 0 N–H and O–H groups in total. The molecule has 2 aromatic rings. The Bertz CT molecular complexity index is 853. The molecule has 27 heavy (non-hydrogen) atoms. The first-order valence-electron chi connectivity index (χ1n) is 9.70. The van der Waals surface area contributed by atoms with Crippen LogP contribution in [0.4, 0.5) is 0 Å².